The maximum absolute atomic E-state index is 13.6. The second-order valence-corrected chi connectivity index (χ2v) is 6.68. The summed E-state index contributed by atoms with van der Waals surface area (Å²) in [6, 6.07) is 12.9. The van der Waals surface area contributed by atoms with E-state index in [-0.39, 0.29) is 27.8 Å². The molecule has 31 heavy (non-hydrogen) atoms. The molecule has 0 saturated heterocycles. The average Bonchev–Trinajstić information content (AvgIpc) is 2.77. The lowest BCUT2D eigenvalue weighted by atomic mass is 9.82. The lowest BCUT2D eigenvalue weighted by Gasteiger charge is -2.19. The summed E-state index contributed by atoms with van der Waals surface area (Å²) in [5.41, 5.74) is -0.218. The third-order valence-electron chi connectivity index (χ3n) is 4.71. The van der Waals surface area contributed by atoms with Gasteiger partial charge in [-0.05, 0) is 18.2 Å². The highest BCUT2D eigenvalue weighted by molar-refractivity contribution is 6.30. The van der Waals surface area contributed by atoms with Gasteiger partial charge in [-0.1, -0.05) is 36.4 Å². The van der Waals surface area contributed by atoms with Crippen molar-refractivity contribution in [3.8, 4) is 0 Å². The zero-order valence-corrected chi connectivity index (χ0v) is 15.8. The number of hydrogen-bond donors (Lipinski definition) is 1. The first-order valence-corrected chi connectivity index (χ1v) is 9.10. The number of benzene rings is 3. The first-order valence-electron chi connectivity index (χ1n) is 9.10. The van der Waals surface area contributed by atoms with Crippen LogP contribution in [0.4, 0.5) is 14.5 Å². The standard InChI is InChI=1S/C23H13F2NO5/c24-12-8-9-17(25)18(10-12)26-19(27)11-31-23(30)16-7-3-6-15-20(16)22(29)14-5-2-1-4-13(14)21(15)28/h1-10H,11H2,(H,26,27). The van der Waals surface area contributed by atoms with Crippen LogP contribution in [-0.2, 0) is 9.53 Å². The van der Waals surface area contributed by atoms with E-state index in [1.807, 2.05) is 0 Å². The van der Waals surface area contributed by atoms with E-state index in [0.29, 0.717) is 0 Å². The minimum Gasteiger partial charge on any atom is -0.452 e. The van der Waals surface area contributed by atoms with E-state index in [4.69, 9.17) is 4.74 Å². The lowest BCUT2D eigenvalue weighted by Crippen LogP contribution is -2.26. The molecule has 6 nitrogen and oxygen atoms in total. The number of carbonyl (C=O) groups excluding carboxylic acids is 4. The van der Waals surface area contributed by atoms with Gasteiger partial charge in [0.25, 0.3) is 5.91 Å². The van der Waals surface area contributed by atoms with Crippen molar-refractivity contribution >= 4 is 29.1 Å². The number of ketones is 2. The molecule has 0 heterocycles. The van der Waals surface area contributed by atoms with Crippen LogP contribution >= 0.6 is 0 Å². The van der Waals surface area contributed by atoms with Crippen molar-refractivity contribution in [2.24, 2.45) is 0 Å². The zero-order valence-electron chi connectivity index (χ0n) is 15.8. The topological polar surface area (TPSA) is 89.5 Å². The highest BCUT2D eigenvalue weighted by atomic mass is 19.1. The van der Waals surface area contributed by atoms with Gasteiger partial charge in [0.15, 0.2) is 18.2 Å². The average molecular weight is 421 g/mol. The largest absolute Gasteiger partial charge is 0.452 e. The normalized spacial score (nSPS) is 12.1. The van der Waals surface area contributed by atoms with Crippen LogP contribution in [0.1, 0.15) is 42.2 Å². The molecule has 3 aromatic carbocycles. The second-order valence-electron chi connectivity index (χ2n) is 6.68. The van der Waals surface area contributed by atoms with Crippen molar-refractivity contribution in [2.75, 3.05) is 11.9 Å². The molecule has 1 aliphatic carbocycles. The Bertz CT molecular complexity index is 1270. The molecule has 0 spiro atoms. The Morgan fingerprint density at radius 2 is 1.52 bits per heavy atom. The smallest absolute Gasteiger partial charge is 0.339 e. The van der Waals surface area contributed by atoms with Gasteiger partial charge in [0.05, 0.1) is 11.3 Å². The van der Waals surface area contributed by atoms with Crippen molar-refractivity contribution in [3.05, 3.63) is 100 Å². The summed E-state index contributed by atoms with van der Waals surface area (Å²) in [7, 11) is 0. The molecule has 0 saturated carbocycles. The predicted octanol–water partition coefficient (Wildman–Crippen LogP) is 3.54. The van der Waals surface area contributed by atoms with Gasteiger partial charge in [-0.3, -0.25) is 14.4 Å². The van der Waals surface area contributed by atoms with Crippen LogP contribution in [0.15, 0.2) is 60.7 Å². The van der Waals surface area contributed by atoms with E-state index in [9.17, 15) is 28.0 Å². The molecule has 0 atom stereocenters. The van der Waals surface area contributed by atoms with Crippen molar-refractivity contribution in [1.82, 2.24) is 0 Å². The molecule has 1 N–H and O–H groups in total. The van der Waals surface area contributed by atoms with Gasteiger partial charge in [-0.25, -0.2) is 13.6 Å². The number of hydrogen-bond acceptors (Lipinski definition) is 5. The summed E-state index contributed by atoms with van der Waals surface area (Å²) < 4.78 is 31.8. The van der Waals surface area contributed by atoms with E-state index in [2.05, 4.69) is 5.32 Å². The Kier molecular flexibility index (Phi) is 5.12. The fourth-order valence-electron chi connectivity index (χ4n) is 3.30. The number of amides is 1. The molecule has 1 aliphatic rings. The van der Waals surface area contributed by atoms with Crippen LogP contribution in [0.2, 0.25) is 0 Å². The van der Waals surface area contributed by atoms with E-state index in [0.717, 1.165) is 18.2 Å². The van der Waals surface area contributed by atoms with E-state index < -0.39 is 47.4 Å². The quantitative estimate of drug-likeness (QED) is 0.509. The number of anilines is 1. The molecule has 1 amide bonds. The van der Waals surface area contributed by atoms with E-state index in [1.165, 1.54) is 30.3 Å². The summed E-state index contributed by atoms with van der Waals surface area (Å²) in [4.78, 5) is 50.2. The van der Waals surface area contributed by atoms with Gasteiger partial charge in [-0.2, -0.15) is 0 Å². The third kappa shape index (κ3) is 3.71. The summed E-state index contributed by atoms with van der Waals surface area (Å²) in [6.45, 7) is -0.808. The van der Waals surface area contributed by atoms with Crippen LogP contribution < -0.4 is 5.32 Å². The summed E-state index contributed by atoms with van der Waals surface area (Å²) in [5.74, 6) is -4.44. The number of rotatable bonds is 4. The molecule has 8 heteroatoms. The number of nitrogens with one attached hydrogen (secondary N) is 1. The lowest BCUT2D eigenvalue weighted by molar-refractivity contribution is -0.119. The van der Waals surface area contributed by atoms with E-state index in [1.54, 1.807) is 12.1 Å². The van der Waals surface area contributed by atoms with E-state index >= 15 is 0 Å². The molecule has 154 valence electrons. The number of ether oxygens (including phenoxy) is 1. The van der Waals surface area contributed by atoms with Gasteiger partial charge in [-0.15, -0.1) is 0 Å². The molecule has 0 fully saturated rings. The molecule has 0 bridgehead atoms. The van der Waals surface area contributed by atoms with Crippen LogP contribution in [0.5, 0.6) is 0 Å². The van der Waals surface area contributed by atoms with Gasteiger partial charge in [0.1, 0.15) is 11.6 Å². The van der Waals surface area contributed by atoms with Crippen molar-refractivity contribution in [3.63, 3.8) is 0 Å². The summed E-state index contributed by atoms with van der Waals surface area (Å²) in [5, 5.41) is 2.10. The highest BCUT2D eigenvalue weighted by Gasteiger charge is 2.33. The minimum absolute atomic E-state index is 0.0597. The van der Waals surface area contributed by atoms with Crippen LogP contribution in [0.3, 0.4) is 0 Å². The highest BCUT2D eigenvalue weighted by Crippen LogP contribution is 2.29. The fourth-order valence-corrected chi connectivity index (χ4v) is 3.30. The minimum atomic E-state index is -1.01. The number of fused-ring (bicyclic) bond motifs is 2. The molecule has 0 aromatic heterocycles. The van der Waals surface area contributed by atoms with Gasteiger partial charge < -0.3 is 10.1 Å². The summed E-state index contributed by atoms with van der Waals surface area (Å²) >= 11 is 0. The maximum Gasteiger partial charge on any atom is 0.339 e. The fraction of sp³-hybridized carbons (Fsp3) is 0.0435. The third-order valence-corrected chi connectivity index (χ3v) is 4.71. The van der Waals surface area contributed by atoms with Crippen molar-refractivity contribution in [2.45, 2.75) is 0 Å². The number of esters is 1. The predicted molar refractivity (Wildman–Crippen MR) is 105 cm³/mol. The Hall–Kier alpha value is -4.20. The zero-order chi connectivity index (χ0) is 22.1. The first kappa shape index (κ1) is 20.1. The van der Waals surface area contributed by atoms with Gasteiger partial charge in [0.2, 0.25) is 0 Å². The SMILES string of the molecule is O=C(COC(=O)c1cccc2c1C(=O)c1ccccc1C2=O)Nc1cc(F)ccc1F. The monoisotopic (exact) mass is 421 g/mol. The van der Waals surface area contributed by atoms with Crippen molar-refractivity contribution < 1.29 is 32.7 Å². The summed E-state index contributed by atoms with van der Waals surface area (Å²) in [6.07, 6.45) is 0. The van der Waals surface area contributed by atoms with Crippen LogP contribution in [0.25, 0.3) is 0 Å². The van der Waals surface area contributed by atoms with Crippen molar-refractivity contribution in [1.29, 1.82) is 0 Å². The molecule has 0 unspecified atom stereocenters. The Labute approximate surface area is 174 Å². The molecular weight excluding hydrogens is 408 g/mol. The molecule has 4 rings (SSSR count). The second kappa shape index (κ2) is 7.91. The molecule has 0 radical (unpaired) electrons. The van der Waals surface area contributed by atoms with Gasteiger partial charge in [0, 0.05) is 28.3 Å². The Morgan fingerprint density at radius 1 is 0.839 bits per heavy atom. The molecular formula is C23H13F2NO5. The van der Waals surface area contributed by atoms with Crippen LogP contribution in [-0.4, -0.2) is 30.0 Å². The number of halogens is 2. The first-order chi connectivity index (χ1) is 14.9. The van der Waals surface area contributed by atoms with Crippen LogP contribution in [0, 0.1) is 11.6 Å². The van der Waals surface area contributed by atoms with Gasteiger partial charge >= 0.3 is 5.97 Å². The maximum atomic E-state index is 13.6. The molecule has 3 aromatic rings. The number of carbonyl (C=O) groups is 4. The molecule has 0 aliphatic heterocycles. The Morgan fingerprint density at radius 3 is 2.26 bits per heavy atom. The Balaban J connectivity index is 1.54.